The van der Waals surface area contributed by atoms with Crippen LogP contribution < -0.4 is 5.32 Å². The average Bonchev–Trinajstić information content (AvgIpc) is 2.84. The number of halogens is 1. The van der Waals surface area contributed by atoms with Crippen LogP contribution >= 0.6 is 0 Å². The Morgan fingerprint density at radius 3 is 2.78 bits per heavy atom. The maximum atomic E-state index is 13.1. The minimum Gasteiger partial charge on any atom is -0.275 e. The van der Waals surface area contributed by atoms with Gasteiger partial charge in [-0.25, -0.2) is 9.18 Å². The number of alkyl halides is 1. The first-order valence-electron chi connectivity index (χ1n) is 5.37. The lowest BCUT2D eigenvalue weighted by Gasteiger charge is -2.26. The number of carbonyl (C=O) groups is 3. The molecule has 0 aromatic carbocycles. The molecule has 0 bridgehead atoms. The van der Waals surface area contributed by atoms with Gasteiger partial charge in [-0.15, -0.1) is 0 Å². The van der Waals surface area contributed by atoms with E-state index in [0.29, 0.717) is 17.9 Å². The molecule has 1 aliphatic heterocycles. The van der Waals surface area contributed by atoms with Crippen LogP contribution in [0.5, 0.6) is 0 Å². The second-order valence-corrected chi connectivity index (χ2v) is 3.77. The largest absolute Gasteiger partial charge is 0.330 e. The number of nitrogens with one attached hydrogen (secondary N) is 1. The van der Waals surface area contributed by atoms with Gasteiger partial charge in [-0.1, -0.05) is 0 Å². The molecule has 0 saturated carbocycles. The summed E-state index contributed by atoms with van der Waals surface area (Å²) in [7, 11) is 0. The van der Waals surface area contributed by atoms with E-state index in [0.717, 1.165) is 0 Å². The molecule has 2 heterocycles. The molecule has 1 unspecified atom stereocenters. The molecule has 18 heavy (non-hydrogen) atoms. The van der Waals surface area contributed by atoms with Gasteiger partial charge in [0.15, 0.2) is 0 Å². The lowest BCUT2D eigenvalue weighted by Crippen LogP contribution is -2.59. The van der Waals surface area contributed by atoms with Crippen LogP contribution in [0.2, 0.25) is 0 Å². The smallest absolute Gasteiger partial charge is 0.275 e. The third kappa shape index (κ3) is 2.36. The summed E-state index contributed by atoms with van der Waals surface area (Å²) < 4.78 is 14.8. The van der Waals surface area contributed by atoms with Crippen LogP contribution in [0.25, 0.3) is 0 Å². The molecule has 1 aromatic rings. The Bertz CT molecular complexity index is 473. The first-order valence-corrected chi connectivity index (χ1v) is 5.37. The van der Waals surface area contributed by atoms with Gasteiger partial charge in [-0.2, -0.15) is 5.10 Å². The van der Waals surface area contributed by atoms with E-state index in [4.69, 9.17) is 0 Å². The summed E-state index contributed by atoms with van der Waals surface area (Å²) in [5.41, 5.74) is 0. The minimum absolute atomic E-state index is 0.0399. The van der Waals surface area contributed by atoms with Gasteiger partial charge < -0.3 is 0 Å². The van der Waals surface area contributed by atoms with Crippen molar-refractivity contribution < 1.29 is 18.8 Å². The van der Waals surface area contributed by atoms with Crippen LogP contribution in [-0.4, -0.2) is 45.2 Å². The normalized spacial score (nSPS) is 20.2. The van der Waals surface area contributed by atoms with E-state index in [-0.39, 0.29) is 6.54 Å². The van der Waals surface area contributed by atoms with Crippen molar-refractivity contribution in [2.45, 2.75) is 19.1 Å². The van der Waals surface area contributed by atoms with Crippen molar-refractivity contribution in [1.82, 2.24) is 20.0 Å². The summed E-state index contributed by atoms with van der Waals surface area (Å²) in [6.45, 7) is 0.535. The van der Waals surface area contributed by atoms with Gasteiger partial charge in [-0.3, -0.25) is 24.5 Å². The molecule has 1 N–H and O–H groups in total. The molecule has 0 radical (unpaired) electrons. The predicted octanol–water partition coefficient (Wildman–Crippen LogP) is -0.310. The fourth-order valence-electron chi connectivity index (χ4n) is 1.62. The number of hydrogen-bond acceptors (Lipinski definition) is 4. The monoisotopic (exact) mass is 254 g/mol. The summed E-state index contributed by atoms with van der Waals surface area (Å²) >= 11 is 0. The number of aromatic nitrogens is 2. The van der Waals surface area contributed by atoms with E-state index >= 15 is 0 Å². The summed E-state index contributed by atoms with van der Waals surface area (Å²) in [6, 6.07) is 0.869. The maximum Gasteiger partial charge on any atom is 0.330 e. The Hall–Kier alpha value is -2.25. The summed E-state index contributed by atoms with van der Waals surface area (Å²) in [6.07, 6.45) is 1.48. The second kappa shape index (κ2) is 4.94. The topological polar surface area (TPSA) is 84.3 Å². The standard InChI is InChI=1S/C10H11FN4O3/c11-7-8(16)13-10(18)15(9(7)17)6-2-5-14-4-1-3-12-14/h1,3-4,7H,2,5-6H2,(H,13,16,18). The fourth-order valence-corrected chi connectivity index (χ4v) is 1.62. The zero-order valence-corrected chi connectivity index (χ0v) is 9.38. The quantitative estimate of drug-likeness (QED) is 0.747. The molecule has 2 rings (SSSR count). The molecule has 4 amide bonds. The first-order chi connectivity index (χ1) is 8.59. The SMILES string of the molecule is O=C1NC(=O)N(CCCn2cccn2)C(=O)C1F. The van der Waals surface area contributed by atoms with Gasteiger partial charge >= 0.3 is 6.03 Å². The van der Waals surface area contributed by atoms with Crippen LogP contribution in [-0.2, 0) is 16.1 Å². The highest BCUT2D eigenvalue weighted by atomic mass is 19.1. The molecule has 7 nitrogen and oxygen atoms in total. The molecule has 0 spiro atoms. The number of rotatable bonds is 4. The third-order valence-electron chi connectivity index (χ3n) is 2.52. The zero-order chi connectivity index (χ0) is 13.1. The number of barbiturate groups is 1. The number of urea groups is 1. The van der Waals surface area contributed by atoms with Gasteiger partial charge in [0.2, 0.25) is 0 Å². The van der Waals surface area contributed by atoms with Crippen molar-refractivity contribution in [3.05, 3.63) is 18.5 Å². The molecular formula is C10H11FN4O3. The third-order valence-corrected chi connectivity index (χ3v) is 2.52. The van der Waals surface area contributed by atoms with E-state index in [2.05, 4.69) is 5.10 Å². The van der Waals surface area contributed by atoms with E-state index in [9.17, 15) is 18.8 Å². The Balaban J connectivity index is 1.90. The van der Waals surface area contributed by atoms with Crippen LogP contribution in [0.1, 0.15) is 6.42 Å². The minimum atomic E-state index is -2.30. The fraction of sp³-hybridized carbons (Fsp3) is 0.400. The van der Waals surface area contributed by atoms with E-state index < -0.39 is 24.0 Å². The van der Waals surface area contributed by atoms with Gasteiger partial charge in [0.25, 0.3) is 18.0 Å². The number of carbonyl (C=O) groups excluding carboxylic acids is 3. The molecule has 1 aliphatic rings. The van der Waals surface area contributed by atoms with Gasteiger partial charge in [0.05, 0.1) is 0 Å². The van der Waals surface area contributed by atoms with E-state index in [1.54, 1.807) is 28.5 Å². The molecule has 8 heteroatoms. The van der Waals surface area contributed by atoms with Crippen molar-refractivity contribution in [3.8, 4) is 0 Å². The Morgan fingerprint density at radius 1 is 1.33 bits per heavy atom. The number of aryl methyl sites for hydroxylation is 1. The highest BCUT2D eigenvalue weighted by Crippen LogP contribution is 2.08. The molecule has 1 atom stereocenters. The Kier molecular flexibility index (Phi) is 3.35. The van der Waals surface area contributed by atoms with Crippen LogP contribution in [0, 0.1) is 0 Å². The summed E-state index contributed by atoms with van der Waals surface area (Å²) in [5.74, 6) is -2.31. The highest BCUT2D eigenvalue weighted by Gasteiger charge is 2.40. The van der Waals surface area contributed by atoms with Gasteiger partial charge in [-0.05, 0) is 12.5 Å². The molecular weight excluding hydrogens is 243 g/mol. The number of hydrogen-bond donors (Lipinski definition) is 1. The van der Waals surface area contributed by atoms with Crippen LogP contribution in [0.4, 0.5) is 9.18 Å². The van der Waals surface area contributed by atoms with Crippen molar-refractivity contribution >= 4 is 17.8 Å². The molecule has 1 saturated heterocycles. The Labute approximate surface area is 102 Å². The van der Waals surface area contributed by atoms with Crippen molar-refractivity contribution in [1.29, 1.82) is 0 Å². The van der Waals surface area contributed by atoms with Gasteiger partial charge in [0.1, 0.15) is 0 Å². The van der Waals surface area contributed by atoms with Crippen molar-refractivity contribution in [3.63, 3.8) is 0 Å². The summed E-state index contributed by atoms with van der Waals surface area (Å²) in [5, 5.41) is 5.73. The summed E-state index contributed by atoms with van der Waals surface area (Å²) in [4.78, 5) is 34.3. The lowest BCUT2D eigenvalue weighted by molar-refractivity contribution is -0.143. The molecule has 1 fully saturated rings. The first kappa shape index (κ1) is 12.2. The number of amides is 4. The second-order valence-electron chi connectivity index (χ2n) is 3.77. The zero-order valence-electron chi connectivity index (χ0n) is 9.38. The number of imide groups is 2. The van der Waals surface area contributed by atoms with Crippen molar-refractivity contribution in [2.75, 3.05) is 6.54 Å². The van der Waals surface area contributed by atoms with Crippen LogP contribution in [0.3, 0.4) is 0 Å². The number of nitrogens with zero attached hydrogens (tertiary/aromatic N) is 3. The average molecular weight is 254 g/mol. The molecule has 0 aliphatic carbocycles. The van der Waals surface area contributed by atoms with E-state index in [1.807, 2.05) is 0 Å². The highest BCUT2D eigenvalue weighted by molar-refractivity contribution is 6.17. The molecule has 96 valence electrons. The van der Waals surface area contributed by atoms with Gasteiger partial charge in [0, 0.05) is 25.5 Å². The lowest BCUT2D eigenvalue weighted by atomic mass is 10.2. The van der Waals surface area contributed by atoms with Crippen LogP contribution in [0.15, 0.2) is 18.5 Å². The Morgan fingerprint density at radius 2 is 2.11 bits per heavy atom. The maximum absolute atomic E-state index is 13.1. The van der Waals surface area contributed by atoms with Crippen molar-refractivity contribution in [2.24, 2.45) is 0 Å². The van der Waals surface area contributed by atoms with E-state index in [1.165, 1.54) is 0 Å². The molecule has 1 aromatic heterocycles. The predicted molar refractivity (Wildman–Crippen MR) is 57.0 cm³/mol.